The van der Waals surface area contributed by atoms with Crippen LogP contribution in [0.25, 0.3) is 0 Å². The van der Waals surface area contributed by atoms with Gasteiger partial charge in [-0.25, -0.2) is 0 Å². The van der Waals surface area contributed by atoms with Crippen molar-refractivity contribution in [3.63, 3.8) is 0 Å². The minimum atomic E-state index is 0.262. The van der Waals surface area contributed by atoms with Crippen molar-refractivity contribution in [2.24, 2.45) is 0 Å². The van der Waals surface area contributed by atoms with Gasteiger partial charge in [0, 0.05) is 0 Å². The average molecular weight is 574 g/mol. The molecule has 0 aliphatic carbocycles. The Morgan fingerprint density at radius 3 is 0.583 bits per heavy atom. The van der Waals surface area contributed by atoms with Crippen molar-refractivity contribution in [3.8, 4) is 0 Å². The van der Waals surface area contributed by atoms with Gasteiger partial charge in [0.1, 0.15) is 0 Å². The topological polar surface area (TPSA) is 19.9 Å². The van der Waals surface area contributed by atoms with Crippen LogP contribution >= 0.6 is 25.5 Å². The standard InChI is InChI=1S/2C9H21P.CO.ClH.Os/c2*1-7(2)10(8(3)4)9(5)6;1-2;;/h2*7-9H,1-6H3;;1H;/q;;;;+1/p-1. The first-order chi connectivity index (χ1) is 10.9. The molecular formula is C19H42ClOOsP2. The summed E-state index contributed by atoms with van der Waals surface area (Å²) >= 11 is 1.33. The van der Waals surface area contributed by atoms with Crippen LogP contribution in [-0.2, 0) is 22.3 Å². The van der Waals surface area contributed by atoms with Crippen LogP contribution < -0.4 is 0 Å². The predicted octanol–water partition coefficient (Wildman–Crippen LogP) is 8.04. The van der Waals surface area contributed by atoms with Crippen LogP contribution in [0.4, 0.5) is 0 Å². The summed E-state index contributed by atoms with van der Waals surface area (Å²) in [4.78, 5) is 0. The van der Waals surface area contributed by atoms with Crippen LogP contribution in [0.2, 0.25) is 0 Å². The first-order valence-corrected chi connectivity index (χ1v) is 15.1. The molecule has 0 aliphatic heterocycles. The SMILES string of the molecule is CC(C)P(C(C)C)C(C)C.CC(C)P(C(C)C)C(C)C.[C-]#[O+].[Cl][Os]. The fourth-order valence-electron chi connectivity index (χ4n) is 3.58. The summed E-state index contributed by atoms with van der Waals surface area (Å²) in [6.07, 6.45) is 0. The van der Waals surface area contributed by atoms with Gasteiger partial charge in [0.15, 0.2) is 0 Å². The molecule has 0 heterocycles. The fraction of sp³-hybridized carbons (Fsp3) is 0.947. The molecule has 0 spiro atoms. The van der Waals surface area contributed by atoms with Gasteiger partial charge >= 0.3 is 38.5 Å². The maximum absolute atomic E-state index is 7.50. The molecule has 0 rings (SSSR count). The van der Waals surface area contributed by atoms with Gasteiger partial charge in [-0.05, 0) is 34.0 Å². The molecule has 1 nitrogen and oxygen atoms in total. The van der Waals surface area contributed by atoms with E-state index in [9.17, 15) is 0 Å². The summed E-state index contributed by atoms with van der Waals surface area (Å²) < 4.78 is 7.50. The fourth-order valence-corrected chi connectivity index (χ4v) is 10.7. The summed E-state index contributed by atoms with van der Waals surface area (Å²) in [6, 6.07) is 0. The Labute approximate surface area is 171 Å². The van der Waals surface area contributed by atoms with Crippen molar-refractivity contribution in [2.45, 2.75) is 117 Å². The first kappa shape index (κ1) is 33.1. The zero-order valence-electron chi connectivity index (χ0n) is 18.0. The summed E-state index contributed by atoms with van der Waals surface area (Å²) in [7, 11) is 5.19. The van der Waals surface area contributed by atoms with E-state index in [1.807, 2.05) is 0 Å². The monoisotopic (exact) mass is 575 g/mol. The molecule has 0 saturated heterocycles. The van der Waals surface area contributed by atoms with Crippen LogP contribution in [0.1, 0.15) is 83.1 Å². The quantitative estimate of drug-likeness (QED) is 0.174. The van der Waals surface area contributed by atoms with E-state index in [1.54, 1.807) is 0 Å². The number of hydrogen-bond acceptors (Lipinski definition) is 0. The van der Waals surface area contributed by atoms with E-state index in [0.717, 1.165) is 34.0 Å². The Hall–Kier alpha value is 1.53. The molecule has 0 N–H and O–H groups in total. The molecule has 149 valence electrons. The van der Waals surface area contributed by atoms with Gasteiger partial charge in [0.25, 0.3) is 0 Å². The van der Waals surface area contributed by atoms with Crippen molar-refractivity contribution in [1.82, 2.24) is 0 Å². The van der Waals surface area contributed by atoms with Crippen LogP contribution in [0.3, 0.4) is 0 Å². The zero-order valence-corrected chi connectivity index (χ0v) is 23.1. The normalized spacial score (nSPS) is 10.8. The molecule has 0 aromatic rings. The first-order valence-electron chi connectivity index (χ1n) is 8.82. The van der Waals surface area contributed by atoms with E-state index in [1.165, 1.54) is 17.6 Å². The molecule has 0 amide bonds. The Bertz CT molecular complexity index is 205. The molecule has 0 aromatic heterocycles. The van der Waals surface area contributed by atoms with Crippen molar-refractivity contribution in [1.29, 1.82) is 0 Å². The molecule has 5 heteroatoms. The molecule has 0 aromatic carbocycles. The molecule has 0 saturated carbocycles. The van der Waals surface area contributed by atoms with Gasteiger partial charge < -0.3 is 0 Å². The van der Waals surface area contributed by atoms with E-state index in [2.05, 4.69) is 99.4 Å². The van der Waals surface area contributed by atoms with Gasteiger partial charge in [0.2, 0.25) is 0 Å². The van der Waals surface area contributed by atoms with Crippen LogP contribution in [-0.4, -0.2) is 34.0 Å². The van der Waals surface area contributed by atoms with E-state index < -0.39 is 0 Å². The predicted molar refractivity (Wildman–Crippen MR) is 114 cm³/mol. The molecular weight excluding hydrogens is 532 g/mol. The second-order valence-corrected chi connectivity index (χ2v) is 15.4. The van der Waals surface area contributed by atoms with E-state index >= 15 is 0 Å². The summed E-state index contributed by atoms with van der Waals surface area (Å²) in [5.41, 5.74) is 5.39. The minimum absolute atomic E-state index is 0.262. The van der Waals surface area contributed by atoms with Gasteiger partial charge in [0.05, 0.1) is 0 Å². The summed E-state index contributed by atoms with van der Waals surface area (Å²) in [5.74, 6) is 0. The van der Waals surface area contributed by atoms with Gasteiger partial charge in [-0.1, -0.05) is 98.9 Å². The van der Waals surface area contributed by atoms with Crippen LogP contribution in [0, 0.1) is 6.65 Å². The third-order valence-corrected chi connectivity index (χ3v) is 10.7. The molecule has 0 fully saturated rings. The van der Waals surface area contributed by atoms with E-state index in [-0.39, 0.29) is 15.8 Å². The van der Waals surface area contributed by atoms with Crippen LogP contribution in [0.5, 0.6) is 0 Å². The third kappa shape index (κ3) is 18.3. The van der Waals surface area contributed by atoms with Crippen LogP contribution in [0.15, 0.2) is 0 Å². The van der Waals surface area contributed by atoms with Gasteiger partial charge in [-0.15, -0.1) is 0 Å². The average Bonchev–Trinajstić information content (AvgIpc) is 2.40. The number of rotatable bonds is 6. The van der Waals surface area contributed by atoms with Gasteiger partial charge in [-0.3, -0.25) is 0 Å². The Morgan fingerprint density at radius 1 is 0.500 bits per heavy atom. The number of hydrogen-bond donors (Lipinski definition) is 0. The van der Waals surface area contributed by atoms with E-state index in [4.69, 9.17) is 4.65 Å². The maximum atomic E-state index is 7.50. The van der Waals surface area contributed by atoms with Gasteiger partial charge in [-0.2, -0.15) is 0 Å². The molecule has 24 heavy (non-hydrogen) atoms. The molecule has 0 unspecified atom stereocenters. The summed E-state index contributed by atoms with van der Waals surface area (Å²) in [6.45, 7) is 32.7. The second-order valence-electron chi connectivity index (χ2n) is 7.46. The van der Waals surface area contributed by atoms with E-state index in [0.29, 0.717) is 0 Å². The molecule has 0 atom stereocenters. The molecule has 0 aliphatic rings. The molecule has 0 radical (unpaired) electrons. The van der Waals surface area contributed by atoms with Crippen molar-refractivity contribution in [3.05, 3.63) is 6.65 Å². The Kier molecular flexibility index (Phi) is 28.8. The van der Waals surface area contributed by atoms with Crippen molar-refractivity contribution in [2.75, 3.05) is 0 Å². The summed E-state index contributed by atoms with van der Waals surface area (Å²) in [5, 5.41) is 0. The zero-order chi connectivity index (χ0) is 20.6. The van der Waals surface area contributed by atoms with Crippen molar-refractivity contribution >= 4 is 25.5 Å². The van der Waals surface area contributed by atoms with Crippen molar-refractivity contribution < 1.29 is 22.3 Å². The third-order valence-electron chi connectivity index (χ3n) is 3.58. The number of halogens is 1. The molecule has 0 bridgehead atoms. The Morgan fingerprint density at radius 2 is 0.583 bits per heavy atom. The Balaban J connectivity index is -0.000000138. The second kappa shape index (κ2) is 20.8.